The van der Waals surface area contributed by atoms with Crippen LogP contribution in [0.3, 0.4) is 0 Å². The highest BCUT2D eigenvalue weighted by atomic mass is 19.1. The topological polar surface area (TPSA) is 53.4 Å². The van der Waals surface area contributed by atoms with Gasteiger partial charge in [-0.05, 0) is 49.2 Å². The summed E-state index contributed by atoms with van der Waals surface area (Å²) in [6, 6.07) is 12.6. The lowest BCUT2D eigenvalue weighted by molar-refractivity contribution is -0.136. The molecule has 5 heteroatoms. The number of hydrogen-bond donors (Lipinski definition) is 1. The molecule has 1 aliphatic heterocycles. The van der Waals surface area contributed by atoms with Crippen LogP contribution in [-0.4, -0.2) is 34.0 Å². The average Bonchev–Trinajstić information content (AvgIpc) is 2.62. The fourth-order valence-electron chi connectivity index (χ4n) is 3.39. The summed E-state index contributed by atoms with van der Waals surface area (Å²) < 4.78 is 13.0. The fourth-order valence-corrected chi connectivity index (χ4v) is 3.39. The summed E-state index contributed by atoms with van der Waals surface area (Å²) in [5, 5.41) is 8.83. The Morgan fingerprint density at radius 2 is 2.04 bits per heavy atom. The Kier molecular flexibility index (Phi) is 5.76. The summed E-state index contributed by atoms with van der Waals surface area (Å²) in [7, 11) is 0. The third-order valence-corrected chi connectivity index (χ3v) is 4.67. The van der Waals surface area contributed by atoms with E-state index in [2.05, 4.69) is 9.88 Å². The van der Waals surface area contributed by atoms with E-state index >= 15 is 0 Å². The minimum absolute atomic E-state index is 0.109. The lowest BCUT2D eigenvalue weighted by Crippen LogP contribution is -2.34. The normalized spacial score (nSPS) is 18.2. The van der Waals surface area contributed by atoms with Crippen LogP contribution >= 0.6 is 0 Å². The van der Waals surface area contributed by atoms with Crippen LogP contribution in [0.2, 0.25) is 0 Å². The predicted molar refractivity (Wildman–Crippen MR) is 93.8 cm³/mol. The maximum absolute atomic E-state index is 13.0. The number of aromatic nitrogens is 1. The van der Waals surface area contributed by atoms with E-state index in [1.54, 1.807) is 0 Å². The van der Waals surface area contributed by atoms with Crippen molar-refractivity contribution in [1.82, 2.24) is 9.88 Å². The molecule has 0 aliphatic carbocycles. The Hall–Kier alpha value is -2.27. The molecule has 1 fully saturated rings. The van der Waals surface area contributed by atoms with E-state index in [4.69, 9.17) is 5.11 Å². The van der Waals surface area contributed by atoms with Gasteiger partial charge in [0.1, 0.15) is 5.82 Å². The number of halogens is 1. The predicted octanol–water partition coefficient (Wildman–Crippen LogP) is 3.62. The van der Waals surface area contributed by atoms with Gasteiger partial charge in [-0.25, -0.2) is 4.39 Å². The van der Waals surface area contributed by atoms with Crippen molar-refractivity contribution in [2.24, 2.45) is 0 Å². The second kappa shape index (κ2) is 8.21. The Bertz CT molecular complexity index is 718. The Morgan fingerprint density at radius 1 is 1.24 bits per heavy atom. The zero-order chi connectivity index (χ0) is 17.6. The smallest absolute Gasteiger partial charge is 0.303 e. The molecule has 2 aromatic rings. The average molecular weight is 342 g/mol. The van der Waals surface area contributed by atoms with Gasteiger partial charge in [-0.1, -0.05) is 18.2 Å². The summed E-state index contributed by atoms with van der Waals surface area (Å²) in [5.41, 5.74) is 3.01. The number of rotatable bonds is 6. The highest BCUT2D eigenvalue weighted by Crippen LogP contribution is 2.27. The van der Waals surface area contributed by atoms with E-state index in [0.717, 1.165) is 49.4 Å². The van der Waals surface area contributed by atoms with Gasteiger partial charge < -0.3 is 5.11 Å². The van der Waals surface area contributed by atoms with Crippen molar-refractivity contribution >= 4 is 5.97 Å². The van der Waals surface area contributed by atoms with E-state index < -0.39 is 5.97 Å². The first-order valence-corrected chi connectivity index (χ1v) is 8.74. The number of pyridine rings is 1. The van der Waals surface area contributed by atoms with Crippen LogP contribution in [0.5, 0.6) is 0 Å². The molecule has 0 radical (unpaired) electrons. The van der Waals surface area contributed by atoms with Crippen LogP contribution < -0.4 is 0 Å². The van der Waals surface area contributed by atoms with E-state index in [-0.39, 0.29) is 12.2 Å². The molecule has 4 nitrogen and oxygen atoms in total. The lowest BCUT2D eigenvalue weighted by atomic mass is 9.93. The molecule has 1 unspecified atom stereocenters. The third kappa shape index (κ3) is 5.10. The minimum Gasteiger partial charge on any atom is -0.481 e. The summed E-state index contributed by atoms with van der Waals surface area (Å²) in [5.74, 6) is -0.642. The van der Waals surface area contributed by atoms with Gasteiger partial charge in [0.25, 0.3) is 0 Å². The van der Waals surface area contributed by atoms with Gasteiger partial charge >= 0.3 is 5.97 Å². The molecule has 0 saturated carbocycles. The molecule has 3 rings (SSSR count). The molecule has 0 spiro atoms. The highest BCUT2D eigenvalue weighted by molar-refractivity contribution is 5.66. The molecular weight excluding hydrogens is 319 g/mol. The van der Waals surface area contributed by atoms with Gasteiger partial charge in [-0.15, -0.1) is 0 Å². The molecule has 1 aliphatic rings. The van der Waals surface area contributed by atoms with E-state index in [1.165, 1.54) is 12.1 Å². The van der Waals surface area contributed by atoms with Crippen LogP contribution in [0, 0.1) is 5.82 Å². The van der Waals surface area contributed by atoms with Gasteiger partial charge in [0.15, 0.2) is 0 Å². The Labute approximate surface area is 147 Å². The van der Waals surface area contributed by atoms with Crippen LogP contribution in [-0.2, 0) is 17.8 Å². The molecule has 1 aromatic carbocycles. The number of carbonyl (C=O) groups is 1. The van der Waals surface area contributed by atoms with Gasteiger partial charge in [0.05, 0.1) is 6.42 Å². The summed E-state index contributed by atoms with van der Waals surface area (Å²) in [6.45, 7) is 2.77. The number of carboxylic acids is 1. The van der Waals surface area contributed by atoms with E-state index in [1.807, 2.05) is 30.3 Å². The van der Waals surface area contributed by atoms with Crippen LogP contribution in [0.25, 0.3) is 0 Å². The molecular formula is C20H23FN2O2. The lowest BCUT2D eigenvalue weighted by Gasteiger charge is -2.32. The van der Waals surface area contributed by atoms with Crippen molar-refractivity contribution in [2.45, 2.75) is 38.1 Å². The largest absolute Gasteiger partial charge is 0.481 e. The van der Waals surface area contributed by atoms with E-state index in [9.17, 15) is 9.18 Å². The van der Waals surface area contributed by atoms with Crippen molar-refractivity contribution in [3.8, 4) is 0 Å². The zero-order valence-corrected chi connectivity index (χ0v) is 14.2. The number of aliphatic carboxylic acids is 1. The summed E-state index contributed by atoms with van der Waals surface area (Å²) in [6.07, 6.45) is 2.77. The quantitative estimate of drug-likeness (QED) is 0.871. The van der Waals surface area contributed by atoms with Crippen molar-refractivity contribution < 1.29 is 14.3 Å². The first kappa shape index (κ1) is 17.5. The first-order chi connectivity index (χ1) is 12.1. The minimum atomic E-state index is -0.796. The van der Waals surface area contributed by atoms with Gasteiger partial charge in [-0.2, -0.15) is 0 Å². The van der Waals surface area contributed by atoms with Gasteiger partial charge in [-0.3, -0.25) is 14.7 Å². The van der Waals surface area contributed by atoms with Crippen LogP contribution in [0.15, 0.2) is 42.5 Å². The number of benzene rings is 1. The Morgan fingerprint density at radius 3 is 2.80 bits per heavy atom. The van der Waals surface area contributed by atoms with Gasteiger partial charge in [0, 0.05) is 36.8 Å². The van der Waals surface area contributed by atoms with Crippen molar-refractivity contribution in [1.29, 1.82) is 0 Å². The van der Waals surface area contributed by atoms with Crippen LogP contribution in [0.4, 0.5) is 4.39 Å². The second-order valence-corrected chi connectivity index (χ2v) is 6.65. The molecule has 25 heavy (non-hydrogen) atoms. The SMILES string of the molecule is O=C(O)CCc1cccc(C2CCCN(Cc3ccc(F)cc3)C2)n1. The van der Waals surface area contributed by atoms with Gasteiger partial charge in [0.2, 0.25) is 0 Å². The number of carboxylic acid groups (broad SMARTS) is 1. The second-order valence-electron chi connectivity index (χ2n) is 6.65. The summed E-state index contributed by atoms with van der Waals surface area (Å²) >= 11 is 0. The molecule has 1 aromatic heterocycles. The standard InChI is InChI=1S/C20H23FN2O2/c21-17-8-6-15(7-9-17)13-23-12-2-3-16(14-23)19-5-1-4-18(22-19)10-11-20(24)25/h1,4-9,16H,2-3,10-14H2,(H,24,25). The molecule has 1 N–H and O–H groups in total. The molecule has 0 bridgehead atoms. The fraction of sp³-hybridized carbons (Fsp3) is 0.400. The van der Waals surface area contributed by atoms with E-state index in [0.29, 0.717) is 12.3 Å². The first-order valence-electron chi connectivity index (χ1n) is 8.74. The zero-order valence-electron chi connectivity index (χ0n) is 14.2. The monoisotopic (exact) mass is 342 g/mol. The number of aryl methyl sites for hydroxylation is 1. The molecule has 0 amide bonds. The number of likely N-dealkylation sites (tertiary alicyclic amines) is 1. The van der Waals surface area contributed by atoms with Crippen molar-refractivity contribution in [2.75, 3.05) is 13.1 Å². The highest BCUT2D eigenvalue weighted by Gasteiger charge is 2.22. The number of nitrogens with zero attached hydrogens (tertiary/aromatic N) is 2. The third-order valence-electron chi connectivity index (χ3n) is 4.67. The number of piperidine rings is 1. The molecule has 2 heterocycles. The Balaban J connectivity index is 1.63. The molecule has 132 valence electrons. The van der Waals surface area contributed by atoms with Crippen molar-refractivity contribution in [3.63, 3.8) is 0 Å². The molecule has 1 saturated heterocycles. The van der Waals surface area contributed by atoms with Crippen molar-refractivity contribution in [3.05, 3.63) is 65.2 Å². The molecule has 1 atom stereocenters. The van der Waals surface area contributed by atoms with Crippen LogP contribution in [0.1, 0.15) is 42.1 Å². The maximum atomic E-state index is 13.0. The number of hydrogen-bond acceptors (Lipinski definition) is 3. The summed E-state index contributed by atoms with van der Waals surface area (Å²) in [4.78, 5) is 17.8. The maximum Gasteiger partial charge on any atom is 0.303 e.